The van der Waals surface area contributed by atoms with E-state index in [1.165, 1.54) is 19.4 Å². The lowest BCUT2D eigenvalue weighted by molar-refractivity contribution is 0.199. The number of aromatic nitrogens is 1. The average molecular weight is 254 g/mol. The van der Waals surface area contributed by atoms with E-state index in [1.54, 1.807) is 0 Å². The van der Waals surface area contributed by atoms with Gasteiger partial charge in [0.05, 0.1) is 5.69 Å². The largest absolute Gasteiger partial charge is 0.308 e. The maximum absolute atomic E-state index is 5.91. The van der Waals surface area contributed by atoms with Gasteiger partial charge in [0.2, 0.25) is 0 Å². The molecule has 94 valence electrons. The zero-order chi connectivity index (χ0) is 12.3. The van der Waals surface area contributed by atoms with Crippen molar-refractivity contribution in [2.45, 2.75) is 25.4 Å². The first kappa shape index (κ1) is 12.8. The van der Waals surface area contributed by atoms with E-state index in [1.807, 2.05) is 12.1 Å². The topological polar surface area (TPSA) is 19.4 Å². The molecule has 0 aliphatic carbocycles. The number of nitrogens with zero attached hydrogens (tertiary/aromatic N) is 3. The Bertz CT molecular complexity index is 367. The molecule has 2 rings (SSSR count). The summed E-state index contributed by atoms with van der Waals surface area (Å²) in [5.74, 6) is 0. The van der Waals surface area contributed by atoms with Crippen LogP contribution in [-0.4, -0.2) is 48.0 Å². The van der Waals surface area contributed by atoms with Crippen LogP contribution in [0.1, 0.15) is 18.5 Å². The first-order chi connectivity index (χ1) is 8.15. The monoisotopic (exact) mass is 253 g/mol. The second-order valence-corrected chi connectivity index (χ2v) is 5.37. The van der Waals surface area contributed by atoms with Gasteiger partial charge in [0.1, 0.15) is 5.15 Å². The highest BCUT2D eigenvalue weighted by atomic mass is 35.5. The van der Waals surface area contributed by atoms with Gasteiger partial charge < -0.3 is 4.90 Å². The van der Waals surface area contributed by atoms with Crippen LogP contribution in [0.4, 0.5) is 0 Å². The van der Waals surface area contributed by atoms with Gasteiger partial charge in [-0.25, -0.2) is 4.98 Å². The van der Waals surface area contributed by atoms with Crippen molar-refractivity contribution >= 4 is 11.6 Å². The highest BCUT2D eigenvalue weighted by Crippen LogP contribution is 2.20. The highest BCUT2D eigenvalue weighted by molar-refractivity contribution is 6.29. The summed E-state index contributed by atoms with van der Waals surface area (Å²) in [5.41, 5.74) is 1.07. The third-order valence-electron chi connectivity index (χ3n) is 3.21. The van der Waals surface area contributed by atoms with Gasteiger partial charge in [0, 0.05) is 19.1 Å². The first-order valence-electron chi connectivity index (χ1n) is 6.15. The fraction of sp³-hybridized carbons (Fsp3) is 0.615. The standard InChI is InChI=1S/C13H20ClN3/c1-16(2)10-12-6-4-8-17(12)9-11-5-3-7-13(14)15-11/h3,5,7,12H,4,6,8-10H2,1-2H3. The zero-order valence-corrected chi connectivity index (χ0v) is 11.3. The van der Waals surface area contributed by atoms with Crippen LogP contribution in [0, 0.1) is 0 Å². The minimum atomic E-state index is 0.589. The lowest BCUT2D eigenvalue weighted by atomic mass is 10.2. The Hall–Kier alpha value is -0.640. The van der Waals surface area contributed by atoms with Crippen LogP contribution in [0.3, 0.4) is 0 Å². The summed E-state index contributed by atoms with van der Waals surface area (Å²) < 4.78 is 0. The molecule has 0 bridgehead atoms. The van der Waals surface area contributed by atoms with Gasteiger partial charge in [-0.15, -0.1) is 0 Å². The van der Waals surface area contributed by atoms with E-state index in [-0.39, 0.29) is 0 Å². The number of hydrogen-bond acceptors (Lipinski definition) is 3. The van der Waals surface area contributed by atoms with Gasteiger partial charge in [-0.2, -0.15) is 0 Å². The van der Waals surface area contributed by atoms with E-state index in [9.17, 15) is 0 Å². The number of pyridine rings is 1. The third kappa shape index (κ3) is 3.66. The van der Waals surface area contributed by atoms with E-state index in [4.69, 9.17) is 11.6 Å². The molecular formula is C13H20ClN3. The number of hydrogen-bond donors (Lipinski definition) is 0. The lowest BCUT2D eigenvalue weighted by Crippen LogP contribution is -2.37. The highest BCUT2D eigenvalue weighted by Gasteiger charge is 2.24. The Kier molecular flexibility index (Phi) is 4.37. The predicted molar refractivity (Wildman–Crippen MR) is 71.2 cm³/mol. The molecule has 0 saturated carbocycles. The minimum Gasteiger partial charge on any atom is -0.308 e. The van der Waals surface area contributed by atoms with Crippen LogP contribution in [0.15, 0.2) is 18.2 Å². The number of halogens is 1. The molecule has 1 atom stereocenters. The molecule has 1 aliphatic heterocycles. The third-order valence-corrected chi connectivity index (χ3v) is 3.42. The molecule has 3 nitrogen and oxygen atoms in total. The van der Waals surface area contributed by atoms with E-state index < -0.39 is 0 Å². The Morgan fingerprint density at radius 1 is 1.47 bits per heavy atom. The normalized spacial score (nSPS) is 21.3. The summed E-state index contributed by atoms with van der Waals surface area (Å²) in [6.07, 6.45) is 2.58. The number of likely N-dealkylation sites (N-methyl/N-ethyl adjacent to an activating group) is 1. The van der Waals surface area contributed by atoms with Gasteiger partial charge in [-0.1, -0.05) is 17.7 Å². The maximum atomic E-state index is 5.91. The average Bonchev–Trinajstić information content (AvgIpc) is 2.65. The Morgan fingerprint density at radius 3 is 3.00 bits per heavy atom. The first-order valence-corrected chi connectivity index (χ1v) is 6.53. The minimum absolute atomic E-state index is 0.589. The summed E-state index contributed by atoms with van der Waals surface area (Å²) in [6.45, 7) is 3.21. The second kappa shape index (κ2) is 5.80. The molecule has 2 heterocycles. The van der Waals surface area contributed by atoms with Crippen molar-refractivity contribution in [3.05, 3.63) is 29.0 Å². The summed E-state index contributed by atoms with van der Waals surface area (Å²) in [6, 6.07) is 6.51. The molecule has 0 spiro atoms. The van der Waals surface area contributed by atoms with Crippen molar-refractivity contribution in [1.29, 1.82) is 0 Å². The summed E-state index contributed by atoms with van der Waals surface area (Å²) in [4.78, 5) is 9.13. The second-order valence-electron chi connectivity index (χ2n) is 4.98. The van der Waals surface area contributed by atoms with Gasteiger partial charge in [-0.05, 0) is 45.6 Å². The molecule has 1 aromatic rings. The van der Waals surface area contributed by atoms with E-state index in [0.29, 0.717) is 11.2 Å². The molecule has 4 heteroatoms. The Morgan fingerprint density at radius 2 is 2.29 bits per heavy atom. The van der Waals surface area contributed by atoms with Crippen LogP contribution < -0.4 is 0 Å². The van der Waals surface area contributed by atoms with E-state index in [2.05, 4.69) is 34.9 Å². The van der Waals surface area contributed by atoms with Crippen LogP contribution in [0.25, 0.3) is 0 Å². The molecule has 1 saturated heterocycles. The SMILES string of the molecule is CN(C)CC1CCCN1Cc1cccc(Cl)n1. The molecule has 17 heavy (non-hydrogen) atoms. The molecule has 0 aromatic carbocycles. The summed E-state index contributed by atoms with van der Waals surface area (Å²) >= 11 is 5.91. The molecule has 1 fully saturated rings. The van der Waals surface area contributed by atoms with Crippen molar-refractivity contribution in [3.8, 4) is 0 Å². The summed E-state index contributed by atoms with van der Waals surface area (Å²) in [7, 11) is 4.27. The van der Waals surface area contributed by atoms with Crippen LogP contribution in [-0.2, 0) is 6.54 Å². The van der Waals surface area contributed by atoms with Gasteiger partial charge in [0.15, 0.2) is 0 Å². The number of likely N-dealkylation sites (tertiary alicyclic amines) is 1. The van der Waals surface area contributed by atoms with Crippen molar-refractivity contribution in [1.82, 2.24) is 14.8 Å². The molecular weight excluding hydrogens is 234 g/mol. The number of rotatable bonds is 4. The van der Waals surface area contributed by atoms with Crippen molar-refractivity contribution in [2.75, 3.05) is 27.2 Å². The van der Waals surface area contributed by atoms with E-state index in [0.717, 1.165) is 18.8 Å². The maximum Gasteiger partial charge on any atom is 0.129 e. The molecule has 1 aliphatic rings. The Balaban J connectivity index is 1.97. The van der Waals surface area contributed by atoms with Gasteiger partial charge in [-0.3, -0.25) is 4.90 Å². The molecule has 1 unspecified atom stereocenters. The smallest absolute Gasteiger partial charge is 0.129 e. The van der Waals surface area contributed by atoms with Gasteiger partial charge in [0.25, 0.3) is 0 Å². The quantitative estimate of drug-likeness (QED) is 0.768. The lowest BCUT2D eigenvalue weighted by Gasteiger charge is -2.26. The van der Waals surface area contributed by atoms with Crippen LogP contribution >= 0.6 is 11.6 Å². The molecule has 0 amide bonds. The van der Waals surface area contributed by atoms with Crippen LogP contribution in [0.2, 0.25) is 5.15 Å². The molecule has 0 radical (unpaired) electrons. The van der Waals surface area contributed by atoms with Crippen molar-refractivity contribution in [2.24, 2.45) is 0 Å². The van der Waals surface area contributed by atoms with E-state index >= 15 is 0 Å². The molecule has 0 N–H and O–H groups in total. The van der Waals surface area contributed by atoms with Crippen molar-refractivity contribution < 1.29 is 0 Å². The fourth-order valence-corrected chi connectivity index (χ4v) is 2.66. The van der Waals surface area contributed by atoms with Gasteiger partial charge >= 0.3 is 0 Å². The fourth-order valence-electron chi connectivity index (χ4n) is 2.48. The zero-order valence-electron chi connectivity index (χ0n) is 10.6. The Labute approximate surface area is 108 Å². The van der Waals surface area contributed by atoms with Crippen LogP contribution in [0.5, 0.6) is 0 Å². The summed E-state index contributed by atoms with van der Waals surface area (Å²) in [5, 5.41) is 0.589. The van der Waals surface area contributed by atoms with Crippen molar-refractivity contribution in [3.63, 3.8) is 0 Å². The predicted octanol–water partition coefficient (Wildman–Crippen LogP) is 2.26. The molecule has 1 aromatic heterocycles.